The largest absolute Gasteiger partial charge is 0.462 e. The third-order valence-electron chi connectivity index (χ3n) is 2.90. The van der Waals surface area contributed by atoms with Gasteiger partial charge < -0.3 is 4.74 Å². The molecule has 1 rings (SSSR count). The molecule has 20 heavy (non-hydrogen) atoms. The molecule has 0 N–H and O–H groups in total. The molecule has 1 heterocycles. The molecule has 0 aliphatic heterocycles. The number of nitriles is 1. The van der Waals surface area contributed by atoms with Gasteiger partial charge >= 0.3 is 5.97 Å². The maximum absolute atomic E-state index is 11.8. The SMILES string of the molecule is CCOC(=O)c1cn(C(C)(C)CC(C)(C)C)nc1C#N. The Morgan fingerprint density at radius 2 is 2.00 bits per heavy atom. The van der Waals surface area contributed by atoms with Crippen molar-refractivity contribution in [1.82, 2.24) is 9.78 Å². The fraction of sp³-hybridized carbons (Fsp3) is 0.667. The molecule has 0 atom stereocenters. The number of carbonyl (C=O) groups excluding carboxylic acids is 1. The van der Waals surface area contributed by atoms with Gasteiger partial charge in [0.15, 0.2) is 5.69 Å². The van der Waals surface area contributed by atoms with Crippen LogP contribution >= 0.6 is 0 Å². The molecule has 0 radical (unpaired) electrons. The van der Waals surface area contributed by atoms with E-state index in [0.717, 1.165) is 6.42 Å². The standard InChI is InChI=1S/C15H23N3O2/c1-7-20-13(19)11-9-18(17-12(11)8-16)15(5,6)10-14(2,3)4/h9H,7,10H2,1-6H3. The molecule has 0 aliphatic carbocycles. The van der Waals surface area contributed by atoms with Crippen molar-refractivity contribution in [2.45, 2.75) is 53.5 Å². The monoisotopic (exact) mass is 277 g/mol. The number of carbonyl (C=O) groups is 1. The first-order valence-corrected chi connectivity index (χ1v) is 6.78. The van der Waals surface area contributed by atoms with E-state index in [0.29, 0.717) is 0 Å². The lowest BCUT2D eigenvalue weighted by Gasteiger charge is -2.32. The molecule has 0 spiro atoms. The lowest BCUT2D eigenvalue weighted by Crippen LogP contribution is -2.32. The minimum absolute atomic E-state index is 0.116. The van der Waals surface area contributed by atoms with Gasteiger partial charge in [-0.1, -0.05) is 20.8 Å². The quantitative estimate of drug-likeness (QED) is 0.793. The normalized spacial score (nSPS) is 12.1. The highest BCUT2D eigenvalue weighted by molar-refractivity contribution is 5.91. The third-order valence-corrected chi connectivity index (χ3v) is 2.90. The van der Waals surface area contributed by atoms with Crippen molar-refractivity contribution in [1.29, 1.82) is 5.26 Å². The van der Waals surface area contributed by atoms with E-state index in [1.54, 1.807) is 17.8 Å². The van der Waals surface area contributed by atoms with Crippen LogP contribution in [0.1, 0.15) is 64.0 Å². The van der Waals surface area contributed by atoms with Gasteiger partial charge in [-0.2, -0.15) is 10.4 Å². The molecule has 0 unspecified atom stereocenters. The van der Waals surface area contributed by atoms with Crippen molar-refractivity contribution < 1.29 is 9.53 Å². The topological polar surface area (TPSA) is 67.9 Å². The average molecular weight is 277 g/mol. The van der Waals surface area contributed by atoms with Crippen LogP contribution in [0.4, 0.5) is 0 Å². The van der Waals surface area contributed by atoms with Gasteiger partial charge in [0.25, 0.3) is 0 Å². The van der Waals surface area contributed by atoms with Crippen LogP contribution in [-0.2, 0) is 10.3 Å². The van der Waals surface area contributed by atoms with E-state index < -0.39 is 5.97 Å². The highest BCUT2D eigenvalue weighted by atomic mass is 16.5. The van der Waals surface area contributed by atoms with Crippen molar-refractivity contribution in [2.24, 2.45) is 5.41 Å². The van der Waals surface area contributed by atoms with E-state index in [4.69, 9.17) is 10.00 Å². The van der Waals surface area contributed by atoms with Crippen LogP contribution in [0, 0.1) is 16.7 Å². The first-order chi connectivity index (χ1) is 9.10. The number of nitrogens with zero attached hydrogens (tertiary/aromatic N) is 3. The van der Waals surface area contributed by atoms with Crippen LogP contribution in [0.15, 0.2) is 6.20 Å². The molecular weight excluding hydrogens is 254 g/mol. The molecule has 0 fully saturated rings. The molecule has 5 heteroatoms. The van der Waals surface area contributed by atoms with Crippen LogP contribution in [0.5, 0.6) is 0 Å². The van der Waals surface area contributed by atoms with Crippen molar-refractivity contribution in [3.8, 4) is 6.07 Å². The molecule has 1 aromatic rings. The smallest absolute Gasteiger partial charge is 0.342 e. The van der Waals surface area contributed by atoms with Crippen LogP contribution in [0.25, 0.3) is 0 Å². The Hall–Kier alpha value is -1.83. The van der Waals surface area contributed by atoms with E-state index in [9.17, 15) is 4.79 Å². The zero-order chi connectivity index (χ0) is 15.6. The van der Waals surface area contributed by atoms with E-state index in [1.165, 1.54) is 0 Å². The van der Waals surface area contributed by atoms with Crippen molar-refractivity contribution in [2.75, 3.05) is 6.61 Å². The Morgan fingerprint density at radius 3 is 2.45 bits per heavy atom. The van der Waals surface area contributed by atoms with Crippen molar-refractivity contribution in [3.63, 3.8) is 0 Å². The fourth-order valence-electron chi connectivity index (χ4n) is 2.50. The third kappa shape index (κ3) is 3.83. The Kier molecular flexibility index (Phi) is 4.59. The average Bonchev–Trinajstić information content (AvgIpc) is 2.70. The molecule has 0 aliphatic rings. The maximum atomic E-state index is 11.8. The van der Waals surface area contributed by atoms with Crippen LogP contribution in [0.2, 0.25) is 0 Å². The molecule has 0 saturated heterocycles. The number of hydrogen-bond donors (Lipinski definition) is 0. The lowest BCUT2D eigenvalue weighted by molar-refractivity contribution is 0.0525. The molecule has 0 amide bonds. The van der Waals surface area contributed by atoms with Gasteiger partial charge in [0.05, 0.1) is 12.1 Å². The fourth-order valence-corrected chi connectivity index (χ4v) is 2.50. The van der Waals surface area contributed by atoms with Crippen LogP contribution < -0.4 is 0 Å². The molecule has 110 valence electrons. The zero-order valence-electron chi connectivity index (χ0n) is 13.1. The lowest BCUT2D eigenvalue weighted by atomic mass is 9.82. The Balaban J connectivity index is 3.16. The number of esters is 1. The van der Waals surface area contributed by atoms with Crippen LogP contribution in [-0.4, -0.2) is 22.4 Å². The van der Waals surface area contributed by atoms with Crippen LogP contribution in [0.3, 0.4) is 0 Å². The second-order valence-corrected chi connectivity index (χ2v) is 6.72. The van der Waals surface area contributed by atoms with Gasteiger partial charge in [0.1, 0.15) is 11.6 Å². The predicted molar refractivity (Wildman–Crippen MR) is 76.3 cm³/mol. The van der Waals surface area contributed by atoms with Gasteiger partial charge in [-0.25, -0.2) is 4.79 Å². The maximum Gasteiger partial charge on any atom is 0.342 e. The van der Waals surface area contributed by atoms with Crippen molar-refractivity contribution >= 4 is 5.97 Å². The summed E-state index contributed by atoms with van der Waals surface area (Å²) in [5.74, 6) is -0.498. The van der Waals surface area contributed by atoms with Crippen molar-refractivity contribution in [3.05, 3.63) is 17.5 Å². The van der Waals surface area contributed by atoms with Gasteiger partial charge in [0.2, 0.25) is 0 Å². The minimum Gasteiger partial charge on any atom is -0.462 e. The Morgan fingerprint density at radius 1 is 1.40 bits per heavy atom. The summed E-state index contributed by atoms with van der Waals surface area (Å²) < 4.78 is 6.65. The summed E-state index contributed by atoms with van der Waals surface area (Å²) in [4.78, 5) is 11.8. The Labute approximate surface area is 120 Å². The highest BCUT2D eigenvalue weighted by Gasteiger charge is 2.30. The van der Waals surface area contributed by atoms with Gasteiger partial charge in [-0.05, 0) is 32.6 Å². The molecule has 1 aromatic heterocycles. The van der Waals surface area contributed by atoms with E-state index in [2.05, 4.69) is 25.9 Å². The zero-order valence-corrected chi connectivity index (χ0v) is 13.1. The van der Waals surface area contributed by atoms with E-state index in [1.807, 2.05) is 19.9 Å². The number of aromatic nitrogens is 2. The summed E-state index contributed by atoms with van der Waals surface area (Å²) in [6.07, 6.45) is 2.48. The second kappa shape index (κ2) is 5.66. The summed E-state index contributed by atoms with van der Waals surface area (Å²) in [7, 11) is 0. The molecule has 0 saturated carbocycles. The van der Waals surface area contributed by atoms with Gasteiger partial charge in [-0.15, -0.1) is 0 Å². The molecule has 0 aromatic carbocycles. The van der Waals surface area contributed by atoms with Gasteiger partial charge in [-0.3, -0.25) is 4.68 Å². The van der Waals surface area contributed by atoms with E-state index in [-0.39, 0.29) is 28.8 Å². The number of ether oxygens (including phenoxy) is 1. The summed E-state index contributed by atoms with van der Waals surface area (Å²) in [5.41, 5.74) is 0.183. The number of hydrogen-bond acceptors (Lipinski definition) is 4. The predicted octanol–water partition coefficient (Wildman–Crippen LogP) is 3.10. The molecular formula is C15H23N3O2. The minimum atomic E-state index is -0.498. The first-order valence-electron chi connectivity index (χ1n) is 6.78. The summed E-state index contributed by atoms with van der Waals surface area (Å²) in [6, 6.07) is 1.96. The van der Waals surface area contributed by atoms with E-state index >= 15 is 0 Å². The summed E-state index contributed by atoms with van der Waals surface area (Å²) in [6.45, 7) is 12.5. The Bertz CT molecular complexity index is 530. The summed E-state index contributed by atoms with van der Waals surface area (Å²) in [5, 5.41) is 13.4. The van der Waals surface area contributed by atoms with Gasteiger partial charge in [0, 0.05) is 6.20 Å². The second-order valence-electron chi connectivity index (χ2n) is 6.72. The highest BCUT2D eigenvalue weighted by Crippen LogP contribution is 2.32. The molecule has 0 bridgehead atoms. The summed E-state index contributed by atoms with van der Waals surface area (Å²) >= 11 is 0. The number of rotatable bonds is 4. The molecule has 5 nitrogen and oxygen atoms in total. The first kappa shape index (κ1) is 16.2.